The van der Waals surface area contributed by atoms with Gasteiger partial charge >= 0.3 is 0 Å². The van der Waals surface area contributed by atoms with E-state index in [2.05, 4.69) is 28.8 Å². The second-order valence-corrected chi connectivity index (χ2v) is 15.8. The van der Waals surface area contributed by atoms with Crippen molar-refractivity contribution in [3.8, 4) is 0 Å². The van der Waals surface area contributed by atoms with Crippen LogP contribution in [0.4, 0.5) is 0 Å². The molecule has 0 amide bonds. The maximum absolute atomic E-state index is 13.2. The molecule has 236 valence electrons. The van der Waals surface area contributed by atoms with Crippen LogP contribution in [-0.4, -0.2) is 60.7 Å². The third kappa shape index (κ3) is 12.6. The number of sulfonamides is 2. The van der Waals surface area contributed by atoms with Crippen LogP contribution in [-0.2, 0) is 24.8 Å². The fourth-order valence-electron chi connectivity index (χ4n) is 4.98. The van der Waals surface area contributed by atoms with Crippen molar-refractivity contribution in [3.63, 3.8) is 0 Å². The van der Waals surface area contributed by atoms with Gasteiger partial charge in [0.1, 0.15) is 8.42 Å². The van der Waals surface area contributed by atoms with Gasteiger partial charge in [0.2, 0.25) is 0 Å². The summed E-state index contributed by atoms with van der Waals surface area (Å²) >= 11 is 0.803. The first-order valence-corrected chi connectivity index (χ1v) is 19.3. The summed E-state index contributed by atoms with van der Waals surface area (Å²) in [6, 6.07) is 1.23. The van der Waals surface area contributed by atoms with E-state index in [1.54, 1.807) is 7.11 Å². The summed E-state index contributed by atoms with van der Waals surface area (Å²) in [7, 11) is -6.14. The number of allylic oxidation sites excluding steroid dienone is 2. The molecule has 11 heteroatoms. The molecule has 8 nitrogen and oxygen atoms in total. The van der Waals surface area contributed by atoms with Gasteiger partial charge in [0.25, 0.3) is 20.0 Å². The average molecular weight is 632 g/mol. The lowest BCUT2D eigenvalue weighted by atomic mass is 10.1. The first kappa shape index (κ1) is 36.1. The number of ether oxygens (including phenoxy) is 1. The molecule has 1 aliphatic rings. The Labute approximate surface area is 254 Å². The standard InChI is InChI=1S/C30H53N3O5S3/c1-4-6-7-8-9-10-11-12-13-14-15-16-17-18-19-20-22-32-40(34,35)29-25-27-28(31-5-2)26-33(23-21-24-38-3)41(36,37)30(27)39-29/h12-13,22,25,28,31H,4-11,14-21,23-24,26H2,1-3H3/b13-12+,32-22+/t28-/m0/s1. The second-order valence-electron chi connectivity index (χ2n) is 10.8. The van der Waals surface area contributed by atoms with Crippen LogP contribution >= 0.6 is 11.3 Å². The molecule has 41 heavy (non-hydrogen) atoms. The molecule has 1 atom stereocenters. The van der Waals surface area contributed by atoms with Crippen molar-refractivity contribution in [1.82, 2.24) is 9.62 Å². The Morgan fingerprint density at radius 3 is 2.20 bits per heavy atom. The number of hydrogen-bond donors (Lipinski definition) is 1. The molecule has 1 N–H and O–H groups in total. The van der Waals surface area contributed by atoms with E-state index < -0.39 is 20.0 Å². The van der Waals surface area contributed by atoms with Gasteiger partial charge in [-0.05, 0) is 57.6 Å². The van der Waals surface area contributed by atoms with Crippen molar-refractivity contribution >= 4 is 37.6 Å². The van der Waals surface area contributed by atoms with E-state index in [0.29, 0.717) is 38.1 Å². The monoisotopic (exact) mass is 631 g/mol. The van der Waals surface area contributed by atoms with Crippen LogP contribution in [0.1, 0.15) is 122 Å². The van der Waals surface area contributed by atoms with E-state index in [-0.39, 0.29) is 21.0 Å². The third-order valence-electron chi connectivity index (χ3n) is 7.31. The normalized spacial score (nSPS) is 17.6. The Morgan fingerprint density at radius 2 is 1.59 bits per heavy atom. The van der Waals surface area contributed by atoms with E-state index in [1.165, 1.54) is 74.4 Å². The zero-order chi connectivity index (χ0) is 30.0. The molecule has 0 fully saturated rings. The molecule has 1 aliphatic heterocycles. The smallest absolute Gasteiger partial charge is 0.291 e. The maximum Gasteiger partial charge on any atom is 0.291 e. The summed E-state index contributed by atoms with van der Waals surface area (Å²) < 4.78 is 62.8. The Balaban J connectivity index is 1.75. The van der Waals surface area contributed by atoms with Crippen LogP contribution in [0.5, 0.6) is 0 Å². The van der Waals surface area contributed by atoms with Gasteiger partial charge in [-0.15, -0.1) is 11.3 Å². The molecule has 1 aromatic rings. The van der Waals surface area contributed by atoms with Gasteiger partial charge < -0.3 is 10.1 Å². The van der Waals surface area contributed by atoms with Crippen LogP contribution in [0.2, 0.25) is 0 Å². The van der Waals surface area contributed by atoms with Gasteiger partial charge in [-0.25, -0.2) is 8.42 Å². The number of nitrogens with zero attached hydrogens (tertiary/aromatic N) is 2. The number of fused-ring (bicyclic) bond motifs is 1. The summed E-state index contributed by atoms with van der Waals surface area (Å²) in [4.78, 5) is 0. The summed E-state index contributed by atoms with van der Waals surface area (Å²) in [6.07, 6.45) is 23.1. The van der Waals surface area contributed by atoms with E-state index >= 15 is 0 Å². The summed E-state index contributed by atoms with van der Waals surface area (Å²) in [5, 5.41) is 3.30. The topological polar surface area (TPSA) is 105 Å². The van der Waals surface area contributed by atoms with Gasteiger partial charge in [-0.2, -0.15) is 17.1 Å². The van der Waals surface area contributed by atoms with Crippen molar-refractivity contribution in [2.45, 2.75) is 125 Å². The summed E-state index contributed by atoms with van der Waals surface area (Å²) in [5.74, 6) is 0. The number of methoxy groups -OCH3 is 1. The summed E-state index contributed by atoms with van der Waals surface area (Å²) in [6.45, 7) is 5.89. The highest BCUT2D eigenvalue weighted by Crippen LogP contribution is 2.40. The lowest BCUT2D eigenvalue weighted by Crippen LogP contribution is -2.43. The van der Waals surface area contributed by atoms with E-state index in [4.69, 9.17) is 4.74 Å². The van der Waals surface area contributed by atoms with Gasteiger partial charge in [0.05, 0.1) is 0 Å². The van der Waals surface area contributed by atoms with E-state index in [0.717, 1.165) is 37.0 Å². The predicted molar refractivity (Wildman–Crippen MR) is 171 cm³/mol. The molecule has 2 rings (SSSR count). The fourth-order valence-corrected chi connectivity index (χ4v) is 9.76. The lowest BCUT2D eigenvalue weighted by molar-refractivity contribution is 0.185. The molecular weight excluding hydrogens is 579 g/mol. The minimum absolute atomic E-state index is 0.0199. The Bertz CT molecular complexity index is 1130. The first-order valence-electron chi connectivity index (χ1n) is 15.6. The van der Waals surface area contributed by atoms with Gasteiger partial charge in [-0.3, -0.25) is 0 Å². The second kappa shape index (κ2) is 20.0. The van der Waals surface area contributed by atoms with Gasteiger partial charge in [0.15, 0.2) is 0 Å². The minimum Gasteiger partial charge on any atom is -0.385 e. The highest BCUT2D eigenvalue weighted by Gasteiger charge is 2.39. The highest BCUT2D eigenvalue weighted by atomic mass is 32.3. The number of unbranched alkanes of at least 4 members (excludes halogenated alkanes) is 12. The molecule has 0 aliphatic carbocycles. The first-order chi connectivity index (χ1) is 19.8. The molecule has 1 aromatic heterocycles. The van der Waals surface area contributed by atoms with E-state index in [1.807, 2.05) is 6.92 Å². The minimum atomic E-state index is -3.95. The molecule has 0 saturated heterocycles. The van der Waals surface area contributed by atoms with Crippen LogP contribution in [0, 0.1) is 0 Å². The summed E-state index contributed by atoms with van der Waals surface area (Å²) in [5.41, 5.74) is 0.519. The average Bonchev–Trinajstić information content (AvgIpc) is 3.41. The van der Waals surface area contributed by atoms with Crippen molar-refractivity contribution in [3.05, 3.63) is 23.8 Å². The predicted octanol–water partition coefficient (Wildman–Crippen LogP) is 7.24. The van der Waals surface area contributed by atoms with Crippen molar-refractivity contribution in [1.29, 1.82) is 0 Å². The van der Waals surface area contributed by atoms with Crippen molar-refractivity contribution < 1.29 is 21.6 Å². The highest BCUT2D eigenvalue weighted by molar-refractivity contribution is 7.94. The zero-order valence-corrected chi connectivity index (χ0v) is 27.9. The van der Waals surface area contributed by atoms with Crippen LogP contribution in [0.25, 0.3) is 0 Å². The molecule has 0 aromatic carbocycles. The molecule has 2 heterocycles. The molecule has 0 bridgehead atoms. The Morgan fingerprint density at radius 1 is 0.976 bits per heavy atom. The lowest BCUT2D eigenvalue weighted by Gasteiger charge is -2.32. The molecule has 0 spiro atoms. The number of rotatable bonds is 23. The van der Waals surface area contributed by atoms with Gasteiger partial charge in [-0.1, -0.05) is 77.4 Å². The quantitative estimate of drug-likeness (QED) is 0.0776. The molecule has 0 saturated carbocycles. The van der Waals surface area contributed by atoms with Crippen LogP contribution in [0.3, 0.4) is 0 Å². The number of hydrogen-bond acceptors (Lipinski definition) is 7. The van der Waals surface area contributed by atoms with Gasteiger partial charge in [0, 0.05) is 44.6 Å². The Hall–Kier alpha value is -1.11. The zero-order valence-electron chi connectivity index (χ0n) is 25.5. The molecular formula is C30H53N3O5S3. The fraction of sp³-hybridized carbons (Fsp3) is 0.767. The molecule has 0 radical (unpaired) electrons. The number of nitrogens with one attached hydrogen (secondary N) is 1. The number of thiophene rings is 1. The van der Waals surface area contributed by atoms with Crippen LogP contribution < -0.4 is 5.32 Å². The number of likely N-dealkylation sites (N-methyl/N-ethyl adjacent to an activating group) is 1. The molecule has 0 unspecified atom stereocenters. The van der Waals surface area contributed by atoms with Crippen molar-refractivity contribution in [2.24, 2.45) is 4.40 Å². The largest absolute Gasteiger partial charge is 0.385 e. The maximum atomic E-state index is 13.2. The van der Waals surface area contributed by atoms with Crippen molar-refractivity contribution in [2.75, 3.05) is 33.4 Å². The SMILES string of the molecule is CCCCCCCC/C=C/CCCCCCC/C=N/S(=O)(=O)c1cc2c(s1)S(=O)(=O)N(CCCOC)C[C@@H]2NCC. The van der Waals surface area contributed by atoms with E-state index in [9.17, 15) is 16.8 Å². The van der Waals surface area contributed by atoms with Crippen LogP contribution in [0.15, 0.2) is 31.0 Å². The third-order valence-corrected chi connectivity index (χ3v) is 12.6. The Kier molecular flexibility index (Phi) is 17.6.